The van der Waals surface area contributed by atoms with Gasteiger partial charge in [-0.3, -0.25) is 0 Å². The Labute approximate surface area is 280 Å². The molecule has 51 heavy (non-hydrogen) atoms. The molecule has 4 aromatic carbocycles. The number of aromatic nitrogens is 4. The minimum absolute atomic E-state index is 0.0844. The Morgan fingerprint density at radius 2 is 1.53 bits per heavy atom. The fourth-order valence-electron chi connectivity index (χ4n) is 5.11. The first kappa shape index (κ1) is 36.5. The van der Waals surface area contributed by atoms with Crippen LogP contribution >= 0.6 is 0 Å². The molecular formula is C32H22F11N7O. The number of halogens is 11. The number of alkyl halides is 9. The summed E-state index contributed by atoms with van der Waals surface area (Å²) in [5, 5.41) is 17.7. The molecule has 0 fully saturated rings. The minimum Gasteiger partial charge on any atom is -0.365 e. The SMILES string of the molecule is O=C(Nc1ccc(C(F)(F)F)cc1F)Nc1c(N(CCC(F)(F)F)Cc2ccc(F)cc2C(F)(F)F)ccc(-c2ccccc2)c1-c1nnn[nH]1. The van der Waals surface area contributed by atoms with Gasteiger partial charge in [0.25, 0.3) is 0 Å². The molecule has 0 radical (unpaired) electrons. The molecule has 0 saturated carbocycles. The Bertz CT molecular complexity index is 2000. The van der Waals surface area contributed by atoms with Gasteiger partial charge in [-0.25, -0.2) is 18.7 Å². The lowest BCUT2D eigenvalue weighted by atomic mass is 9.95. The highest BCUT2D eigenvalue weighted by Gasteiger charge is 2.36. The highest BCUT2D eigenvalue weighted by molar-refractivity contribution is 6.07. The van der Waals surface area contributed by atoms with Gasteiger partial charge in [-0.05, 0) is 63.5 Å². The monoisotopic (exact) mass is 729 g/mol. The molecule has 1 heterocycles. The normalized spacial score (nSPS) is 12.1. The second kappa shape index (κ2) is 14.2. The van der Waals surface area contributed by atoms with Crippen molar-refractivity contribution in [2.75, 3.05) is 22.1 Å². The van der Waals surface area contributed by atoms with Crippen molar-refractivity contribution in [1.82, 2.24) is 20.6 Å². The topological polar surface area (TPSA) is 98.8 Å². The summed E-state index contributed by atoms with van der Waals surface area (Å²) in [7, 11) is 0. The van der Waals surface area contributed by atoms with Gasteiger partial charge < -0.3 is 15.5 Å². The molecule has 19 heteroatoms. The number of rotatable bonds is 9. The molecular weight excluding hydrogens is 707 g/mol. The first-order valence-corrected chi connectivity index (χ1v) is 14.5. The smallest absolute Gasteiger partial charge is 0.365 e. The maximum absolute atomic E-state index is 14.7. The molecule has 8 nitrogen and oxygen atoms in total. The van der Waals surface area contributed by atoms with Crippen LogP contribution in [0.4, 0.5) is 70.2 Å². The summed E-state index contributed by atoms with van der Waals surface area (Å²) in [6.45, 7) is -1.88. The van der Waals surface area contributed by atoms with Gasteiger partial charge in [-0.2, -0.15) is 39.5 Å². The lowest BCUT2D eigenvalue weighted by molar-refractivity contribution is -0.139. The van der Waals surface area contributed by atoms with Crippen LogP contribution in [0.3, 0.4) is 0 Å². The van der Waals surface area contributed by atoms with Crippen molar-refractivity contribution < 1.29 is 53.1 Å². The molecule has 5 aromatic rings. The highest BCUT2D eigenvalue weighted by Crippen LogP contribution is 2.44. The Balaban J connectivity index is 1.69. The Kier molecular flexibility index (Phi) is 10.2. The van der Waals surface area contributed by atoms with Gasteiger partial charge in [0, 0.05) is 13.1 Å². The van der Waals surface area contributed by atoms with Crippen molar-refractivity contribution in [1.29, 1.82) is 0 Å². The van der Waals surface area contributed by atoms with Crippen molar-refractivity contribution in [3.05, 3.63) is 107 Å². The van der Waals surface area contributed by atoms with Crippen molar-refractivity contribution in [2.45, 2.75) is 31.5 Å². The van der Waals surface area contributed by atoms with E-state index in [9.17, 15) is 53.1 Å². The first-order chi connectivity index (χ1) is 23.9. The lowest BCUT2D eigenvalue weighted by Crippen LogP contribution is -2.31. The number of tetrazole rings is 1. The summed E-state index contributed by atoms with van der Waals surface area (Å²) in [4.78, 5) is 14.3. The number of H-pyrrole nitrogens is 1. The van der Waals surface area contributed by atoms with Gasteiger partial charge in [0.2, 0.25) is 0 Å². The van der Waals surface area contributed by atoms with Gasteiger partial charge in [0.05, 0.1) is 40.2 Å². The third-order valence-corrected chi connectivity index (χ3v) is 7.38. The molecule has 0 aliphatic carbocycles. The number of carbonyl (C=O) groups excluding carboxylic acids is 1. The quantitative estimate of drug-likeness (QED) is 0.131. The second-order valence-electron chi connectivity index (χ2n) is 10.9. The maximum Gasteiger partial charge on any atom is 0.416 e. The van der Waals surface area contributed by atoms with E-state index in [2.05, 4.69) is 25.9 Å². The number of nitrogens with one attached hydrogen (secondary N) is 3. The van der Waals surface area contributed by atoms with Gasteiger partial charge in [0.15, 0.2) is 5.82 Å². The van der Waals surface area contributed by atoms with E-state index in [1.807, 2.05) is 5.32 Å². The van der Waals surface area contributed by atoms with Crippen LogP contribution in [0.25, 0.3) is 22.5 Å². The maximum atomic E-state index is 14.7. The van der Waals surface area contributed by atoms with E-state index in [0.29, 0.717) is 23.8 Å². The third kappa shape index (κ3) is 8.89. The van der Waals surface area contributed by atoms with E-state index in [-0.39, 0.29) is 34.8 Å². The standard InChI is InChI=1S/C32H22F11N7O/c33-20-8-6-18(22(15-20)32(41,42)43)16-50(13-12-30(35,36)37)25-11-9-21(17-4-2-1-3-5-17)26(28-46-48-49-47-28)27(25)45-29(51)44-24-10-7-19(14-23(24)34)31(38,39)40/h1-11,14-15H,12-13,16H2,(H2,44,45,51)(H,46,47,48,49). The average molecular weight is 730 g/mol. The van der Waals surface area contributed by atoms with Crippen LogP contribution in [-0.4, -0.2) is 39.4 Å². The number of urea groups is 1. The van der Waals surface area contributed by atoms with Gasteiger partial charge in [-0.15, -0.1) is 5.10 Å². The summed E-state index contributed by atoms with van der Waals surface area (Å²) < 4.78 is 151. The predicted octanol–water partition coefficient (Wildman–Crippen LogP) is 9.45. The van der Waals surface area contributed by atoms with E-state index >= 15 is 0 Å². The van der Waals surface area contributed by atoms with Crippen molar-refractivity contribution in [3.8, 4) is 22.5 Å². The molecule has 0 unspecified atom stereocenters. The van der Waals surface area contributed by atoms with E-state index in [4.69, 9.17) is 0 Å². The van der Waals surface area contributed by atoms with Gasteiger partial charge >= 0.3 is 24.6 Å². The van der Waals surface area contributed by atoms with Crippen molar-refractivity contribution >= 4 is 23.1 Å². The molecule has 2 amide bonds. The van der Waals surface area contributed by atoms with Gasteiger partial charge in [0.1, 0.15) is 11.6 Å². The zero-order valence-corrected chi connectivity index (χ0v) is 25.5. The molecule has 5 rings (SSSR count). The summed E-state index contributed by atoms with van der Waals surface area (Å²) in [5.41, 5.74) is -4.26. The Hall–Kier alpha value is -5.75. The summed E-state index contributed by atoms with van der Waals surface area (Å²) in [5.74, 6) is -2.92. The predicted molar refractivity (Wildman–Crippen MR) is 162 cm³/mol. The molecule has 0 saturated heterocycles. The first-order valence-electron chi connectivity index (χ1n) is 14.5. The van der Waals surface area contributed by atoms with Gasteiger partial charge in [-0.1, -0.05) is 42.5 Å². The summed E-state index contributed by atoms with van der Waals surface area (Å²) in [6, 6.07) is 12.3. The highest BCUT2D eigenvalue weighted by atomic mass is 19.4. The fourth-order valence-corrected chi connectivity index (χ4v) is 5.11. The van der Waals surface area contributed by atoms with E-state index in [0.717, 1.165) is 11.0 Å². The summed E-state index contributed by atoms with van der Waals surface area (Å²) >= 11 is 0. The van der Waals surface area contributed by atoms with Crippen LogP contribution in [-0.2, 0) is 18.9 Å². The number of hydrogen-bond donors (Lipinski definition) is 3. The van der Waals surface area contributed by atoms with Crippen LogP contribution < -0.4 is 15.5 Å². The molecule has 1 aromatic heterocycles. The zero-order chi connectivity index (χ0) is 37.1. The molecule has 3 N–H and O–H groups in total. The van der Waals surface area contributed by atoms with Crippen LogP contribution in [0.1, 0.15) is 23.1 Å². The molecule has 0 spiro atoms. The molecule has 0 bridgehead atoms. The van der Waals surface area contributed by atoms with E-state index in [1.54, 1.807) is 30.3 Å². The number of benzene rings is 4. The Morgan fingerprint density at radius 1 is 0.804 bits per heavy atom. The second-order valence-corrected chi connectivity index (χ2v) is 10.9. The Morgan fingerprint density at radius 3 is 2.14 bits per heavy atom. The molecule has 268 valence electrons. The molecule has 0 aliphatic rings. The number of aromatic amines is 1. The largest absolute Gasteiger partial charge is 0.416 e. The number of carbonyl (C=O) groups is 1. The van der Waals surface area contributed by atoms with Crippen molar-refractivity contribution in [2.24, 2.45) is 0 Å². The zero-order valence-electron chi connectivity index (χ0n) is 25.5. The third-order valence-electron chi connectivity index (χ3n) is 7.38. The van der Waals surface area contributed by atoms with Crippen LogP contribution in [0.5, 0.6) is 0 Å². The number of amides is 2. The summed E-state index contributed by atoms with van der Waals surface area (Å²) in [6.07, 6.45) is -16.4. The van der Waals surface area contributed by atoms with Crippen LogP contribution in [0, 0.1) is 11.6 Å². The number of anilines is 3. The minimum atomic E-state index is -5.12. The van der Waals surface area contributed by atoms with Crippen molar-refractivity contribution in [3.63, 3.8) is 0 Å². The molecule has 0 aliphatic heterocycles. The number of nitrogens with zero attached hydrogens (tertiary/aromatic N) is 4. The molecule has 0 atom stereocenters. The van der Waals surface area contributed by atoms with E-state index < -0.39 is 83.8 Å². The lowest BCUT2D eigenvalue weighted by Gasteiger charge is -2.30. The van der Waals surface area contributed by atoms with Crippen LogP contribution in [0.15, 0.2) is 78.9 Å². The average Bonchev–Trinajstić information content (AvgIpc) is 3.58. The fraction of sp³-hybridized carbons (Fsp3) is 0.188. The van der Waals surface area contributed by atoms with Crippen LogP contribution in [0.2, 0.25) is 0 Å². The number of hydrogen-bond acceptors (Lipinski definition) is 5. The van der Waals surface area contributed by atoms with E-state index in [1.165, 1.54) is 12.1 Å².